The molecule has 0 fully saturated rings. The van der Waals surface area contributed by atoms with Crippen molar-refractivity contribution in [1.29, 1.82) is 0 Å². The second-order valence-corrected chi connectivity index (χ2v) is 6.80. The van der Waals surface area contributed by atoms with Crippen LogP contribution in [0.25, 0.3) is 22.0 Å². The molecule has 0 atom stereocenters. The van der Waals surface area contributed by atoms with E-state index in [0.29, 0.717) is 6.54 Å². The van der Waals surface area contributed by atoms with Gasteiger partial charge in [0.05, 0.1) is 30.0 Å². The number of fused-ring (bicyclic) bond motifs is 2. The average Bonchev–Trinajstić information content (AvgIpc) is 3.08. The molecule has 4 rings (SSSR count). The van der Waals surface area contributed by atoms with E-state index in [4.69, 9.17) is 4.84 Å². The third-order valence-electron chi connectivity index (χ3n) is 5.17. The Labute approximate surface area is 163 Å². The number of rotatable bonds is 3. The third kappa shape index (κ3) is 2.72. The van der Waals surface area contributed by atoms with Crippen molar-refractivity contribution in [3.8, 4) is 0 Å². The number of aromatic nitrogens is 1. The summed E-state index contributed by atoms with van der Waals surface area (Å²) in [6.45, 7) is 5.98. The third-order valence-corrected chi connectivity index (χ3v) is 5.17. The van der Waals surface area contributed by atoms with Crippen molar-refractivity contribution in [3.63, 3.8) is 0 Å². The van der Waals surface area contributed by atoms with Crippen LogP contribution in [0.15, 0.2) is 66.7 Å². The van der Waals surface area contributed by atoms with Gasteiger partial charge in [-0.1, -0.05) is 43.0 Å². The minimum Gasteiger partial charge on any atom is -0.417 e. The normalized spacial score (nSPS) is 15.5. The smallest absolute Gasteiger partial charge is 0.224 e. The molecule has 2 heterocycles. The average molecular weight is 374 g/mol. The first-order valence-electron chi connectivity index (χ1n) is 9.11. The monoisotopic (exact) mass is 374 g/mol. The highest BCUT2D eigenvalue weighted by molar-refractivity contribution is 6.08. The van der Waals surface area contributed by atoms with Crippen LogP contribution in [0.1, 0.15) is 18.2 Å². The van der Waals surface area contributed by atoms with E-state index in [1.807, 2.05) is 54.6 Å². The van der Waals surface area contributed by atoms with Gasteiger partial charge in [-0.2, -0.15) is 4.73 Å². The fourth-order valence-electron chi connectivity index (χ4n) is 3.95. The summed E-state index contributed by atoms with van der Waals surface area (Å²) in [6.07, 6.45) is 0. The fourth-order valence-corrected chi connectivity index (χ4v) is 3.95. The highest BCUT2D eigenvalue weighted by atomic mass is 16.6. The summed E-state index contributed by atoms with van der Waals surface area (Å²) < 4.78 is 1.72. The molecule has 28 heavy (non-hydrogen) atoms. The maximum atomic E-state index is 12.1. The zero-order valence-electron chi connectivity index (χ0n) is 16.0. The molecule has 0 aliphatic carbocycles. The Hall–Kier alpha value is -3.31. The quantitative estimate of drug-likeness (QED) is 0.763. The van der Waals surface area contributed by atoms with E-state index in [1.54, 1.807) is 23.7 Å². The lowest BCUT2D eigenvalue weighted by Gasteiger charge is -2.33. The molecule has 0 saturated heterocycles. The van der Waals surface area contributed by atoms with Gasteiger partial charge in [0.1, 0.15) is 7.11 Å². The van der Waals surface area contributed by atoms with Crippen LogP contribution < -0.4 is 9.74 Å². The fraction of sp³-hybridized carbons (Fsp3) is 0.174. The van der Waals surface area contributed by atoms with Crippen LogP contribution >= 0.6 is 0 Å². The SMILES string of the molecule is C=C1CN(C(C)=O)c2ccccc2/C1=C(\CO)c1cc2ccccc2n1OC. The molecule has 1 amide bonds. The second kappa shape index (κ2) is 7.02. The number of benzene rings is 2. The van der Waals surface area contributed by atoms with Gasteiger partial charge >= 0.3 is 0 Å². The van der Waals surface area contributed by atoms with Gasteiger partial charge in [0.2, 0.25) is 5.91 Å². The van der Waals surface area contributed by atoms with Crippen molar-refractivity contribution in [2.24, 2.45) is 0 Å². The standard InChI is InChI=1S/C23H22N2O3/c1-15-13-24(16(2)27)21-11-7-5-9-18(21)23(15)19(14-26)22-12-17-8-4-6-10-20(17)25(22)28-3/h4-12,26H,1,13-14H2,2-3H3/b23-19+. The lowest BCUT2D eigenvalue weighted by atomic mass is 9.87. The van der Waals surface area contributed by atoms with E-state index in [2.05, 4.69) is 6.58 Å². The number of hydrogen-bond acceptors (Lipinski definition) is 3. The van der Waals surface area contributed by atoms with Gasteiger partial charge in [-0.05, 0) is 29.3 Å². The van der Waals surface area contributed by atoms with E-state index in [0.717, 1.165) is 44.6 Å². The Bertz CT molecular complexity index is 1120. The zero-order chi connectivity index (χ0) is 19.8. The minimum absolute atomic E-state index is 0.0378. The van der Waals surface area contributed by atoms with E-state index in [-0.39, 0.29) is 12.5 Å². The first-order valence-corrected chi connectivity index (χ1v) is 9.11. The van der Waals surface area contributed by atoms with Crippen LogP contribution in [-0.2, 0) is 4.79 Å². The van der Waals surface area contributed by atoms with E-state index in [1.165, 1.54) is 0 Å². The maximum absolute atomic E-state index is 12.1. The first-order chi connectivity index (χ1) is 13.6. The van der Waals surface area contributed by atoms with Crippen molar-refractivity contribution in [1.82, 2.24) is 4.73 Å². The summed E-state index contributed by atoms with van der Waals surface area (Å²) in [5, 5.41) is 11.4. The van der Waals surface area contributed by atoms with Gasteiger partial charge < -0.3 is 14.8 Å². The van der Waals surface area contributed by atoms with E-state index >= 15 is 0 Å². The topological polar surface area (TPSA) is 54.7 Å². The number of amides is 1. The molecular weight excluding hydrogens is 352 g/mol. The molecule has 3 aromatic rings. The number of anilines is 1. The lowest BCUT2D eigenvalue weighted by molar-refractivity contribution is -0.116. The van der Waals surface area contributed by atoms with Crippen LogP contribution in [0.5, 0.6) is 0 Å². The van der Waals surface area contributed by atoms with Crippen molar-refractivity contribution in [2.45, 2.75) is 6.92 Å². The van der Waals surface area contributed by atoms with Gasteiger partial charge in [-0.25, -0.2) is 0 Å². The summed E-state index contributed by atoms with van der Waals surface area (Å²) >= 11 is 0. The Balaban J connectivity index is 2.02. The Morgan fingerprint density at radius 3 is 2.61 bits per heavy atom. The van der Waals surface area contributed by atoms with Gasteiger partial charge in [-0.15, -0.1) is 0 Å². The number of aliphatic hydroxyl groups excluding tert-OH is 1. The largest absolute Gasteiger partial charge is 0.417 e. The molecule has 0 saturated carbocycles. The van der Waals surface area contributed by atoms with Gasteiger partial charge in [-0.3, -0.25) is 4.79 Å². The summed E-state index contributed by atoms with van der Waals surface area (Å²) in [6, 6.07) is 17.6. The summed E-state index contributed by atoms with van der Waals surface area (Å²) in [7, 11) is 1.61. The Morgan fingerprint density at radius 1 is 1.18 bits per heavy atom. The van der Waals surface area contributed by atoms with Crippen molar-refractivity contribution < 1.29 is 14.7 Å². The molecule has 2 aromatic carbocycles. The summed E-state index contributed by atoms with van der Waals surface area (Å²) in [5.74, 6) is -0.0378. The molecule has 1 aromatic heterocycles. The molecule has 1 aliphatic heterocycles. The second-order valence-electron chi connectivity index (χ2n) is 6.80. The van der Waals surface area contributed by atoms with Crippen LogP contribution in [0.4, 0.5) is 5.69 Å². The van der Waals surface area contributed by atoms with Gasteiger partial charge in [0.25, 0.3) is 0 Å². The van der Waals surface area contributed by atoms with E-state index < -0.39 is 0 Å². The lowest BCUT2D eigenvalue weighted by Crippen LogP contribution is -2.34. The van der Waals surface area contributed by atoms with E-state index in [9.17, 15) is 9.90 Å². The number of nitrogens with zero attached hydrogens (tertiary/aromatic N) is 2. The van der Waals surface area contributed by atoms with Crippen molar-refractivity contribution in [2.75, 3.05) is 25.2 Å². The summed E-state index contributed by atoms with van der Waals surface area (Å²) in [4.78, 5) is 19.5. The number of carbonyl (C=O) groups excluding carboxylic acids is 1. The molecule has 142 valence electrons. The van der Waals surface area contributed by atoms with Crippen LogP contribution in [0.2, 0.25) is 0 Å². The number of carbonyl (C=O) groups is 1. The molecular formula is C23H22N2O3. The van der Waals surface area contributed by atoms with Gasteiger partial charge in [0, 0.05) is 23.4 Å². The molecule has 0 spiro atoms. The highest BCUT2D eigenvalue weighted by Crippen LogP contribution is 2.42. The predicted octanol–water partition coefficient (Wildman–Crippen LogP) is 3.53. The van der Waals surface area contributed by atoms with Crippen molar-refractivity contribution >= 4 is 33.6 Å². The minimum atomic E-state index is -0.178. The van der Waals surface area contributed by atoms with Crippen molar-refractivity contribution in [3.05, 3.63) is 78.0 Å². The maximum Gasteiger partial charge on any atom is 0.224 e. The van der Waals surface area contributed by atoms with Crippen LogP contribution in [-0.4, -0.2) is 36.0 Å². The number of aliphatic hydroxyl groups is 1. The molecule has 1 N–H and O–H groups in total. The van der Waals surface area contributed by atoms with Gasteiger partial charge in [0.15, 0.2) is 0 Å². The summed E-state index contributed by atoms with van der Waals surface area (Å²) in [5.41, 5.74) is 5.76. The zero-order valence-corrected chi connectivity index (χ0v) is 16.0. The Kier molecular flexibility index (Phi) is 4.53. The highest BCUT2D eigenvalue weighted by Gasteiger charge is 2.29. The molecule has 0 bridgehead atoms. The Morgan fingerprint density at radius 2 is 1.89 bits per heavy atom. The predicted molar refractivity (Wildman–Crippen MR) is 112 cm³/mol. The molecule has 5 nitrogen and oxygen atoms in total. The molecule has 5 heteroatoms. The first kappa shape index (κ1) is 18.1. The molecule has 0 unspecified atom stereocenters. The van der Waals surface area contributed by atoms with Crippen LogP contribution in [0.3, 0.4) is 0 Å². The molecule has 1 aliphatic rings. The molecule has 0 radical (unpaired) electrons. The number of hydrogen-bond donors (Lipinski definition) is 1. The van der Waals surface area contributed by atoms with Crippen LogP contribution in [0, 0.1) is 0 Å². The number of para-hydroxylation sites is 2.